The molecular formula is C20H29N3O3. The van der Waals surface area contributed by atoms with Gasteiger partial charge in [-0.3, -0.25) is 14.4 Å². The van der Waals surface area contributed by atoms with Crippen LogP contribution in [-0.2, 0) is 14.4 Å². The first kappa shape index (κ1) is 19.9. The van der Waals surface area contributed by atoms with Crippen LogP contribution in [-0.4, -0.2) is 24.3 Å². The second-order valence-electron chi connectivity index (χ2n) is 6.84. The molecule has 1 aromatic rings. The summed E-state index contributed by atoms with van der Waals surface area (Å²) in [6, 6.07) is 7.29. The number of anilines is 1. The van der Waals surface area contributed by atoms with E-state index in [1.165, 1.54) is 0 Å². The van der Waals surface area contributed by atoms with Crippen molar-refractivity contribution >= 4 is 23.4 Å². The lowest BCUT2D eigenvalue weighted by molar-refractivity contribution is -0.125. The van der Waals surface area contributed by atoms with Gasteiger partial charge in [-0.25, -0.2) is 0 Å². The van der Waals surface area contributed by atoms with Crippen LogP contribution in [0.5, 0.6) is 0 Å². The molecule has 1 fully saturated rings. The topological polar surface area (TPSA) is 87.3 Å². The van der Waals surface area contributed by atoms with E-state index in [-0.39, 0.29) is 36.1 Å². The van der Waals surface area contributed by atoms with E-state index in [0.29, 0.717) is 13.0 Å². The van der Waals surface area contributed by atoms with Crippen LogP contribution < -0.4 is 16.0 Å². The average molecular weight is 359 g/mol. The Bertz CT molecular complexity index is 622. The molecule has 2 rings (SSSR count). The van der Waals surface area contributed by atoms with Crippen LogP contribution in [0, 0.1) is 5.92 Å². The number of hydrogen-bond donors (Lipinski definition) is 3. The van der Waals surface area contributed by atoms with E-state index in [0.717, 1.165) is 36.9 Å². The molecule has 0 heterocycles. The second-order valence-corrected chi connectivity index (χ2v) is 6.84. The maximum Gasteiger partial charge on any atom is 0.224 e. The van der Waals surface area contributed by atoms with Gasteiger partial charge in [-0.2, -0.15) is 0 Å². The SMILES string of the molecule is CCC(=O)Nc1ccc([C@H](C)NC(=O)CCNC(=O)C2CCCC2)cc1. The molecule has 0 aliphatic heterocycles. The third-order valence-electron chi connectivity index (χ3n) is 4.77. The molecule has 1 saturated carbocycles. The Morgan fingerprint density at radius 1 is 1.08 bits per heavy atom. The summed E-state index contributed by atoms with van der Waals surface area (Å²) in [6.45, 7) is 4.09. The number of carbonyl (C=O) groups is 3. The molecule has 3 N–H and O–H groups in total. The quantitative estimate of drug-likeness (QED) is 0.667. The summed E-state index contributed by atoms with van der Waals surface area (Å²) in [7, 11) is 0. The summed E-state index contributed by atoms with van der Waals surface area (Å²) in [5.41, 5.74) is 1.71. The lowest BCUT2D eigenvalue weighted by atomic mass is 10.1. The van der Waals surface area contributed by atoms with Gasteiger partial charge in [0.2, 0.25) is 17.7 Å². The van der Waals surface area contributed by atoms with Gasteiger partial charge < -0.3 is 16.0 Å². The van der Waals surface area contributed by atoms with Gasteiger partial charge in [-0.15, -0.1) is 0 Å². The first-order valence-electron chi connectivity index (χ1n) is 9.46. The van der Waals surface area contributed by atoms with Crippen molar-refractivity contribution in [3.63, 3.8) is 0 Å². The molecule has 6 nitrogen and oxygen atoms in total. The molecule has 0 saturated heterocycles. The lowest BCUT2D eigenvalue weighted by Gasteiger charge is -2.16. The molecule has 0 unspecified atom stereocenters. The third-order valence-corrected chi connectivity index (χ3v) is 4.77. The molecule has 1 aliphatic rings. The minimum atomic E-state index is -0.135. The van der Waals surface area contributed by atoms with Crippen molar-refractivity contribution in [3.05, 3.63) is 29.8 Å². The number of carbonyl (C=O) groups excluding carboxylic acids is 3. The van der Waals surface area contributed by atoms with Gasteiger partial charge >= 0.3 is 0 Å². The van der Waals surface area contributed by atoms with Crippen molar-refractivity contribution in [3.8, 4) is 0 Å². The van der Waals surface area contributed by atoms with Gasteiger partial charge in [0, 0.05) is 31.0 Å². The maximum atomic E-state index is 12.1. The zero-order valence-electron chi connectivity index (χ0n) is 15.6. The van der Waals surface area contributed by atoms with Gasteiger partial charge in [0.1, 0.15) is 0 Å². The molecule has 142 valence electrons. The minimum absolute atomic E-state index is 0.0289. The van der Waals surface area contributed by atoms with E-state index in [1.54, 1.807) is 6.92 Å². The fourth-order valence-electron chi connectivity index (χ4n) is 3.13. The number of hydrogen-bond acceptors (Lipinski definition) is 3. The first-order valence-corrected chi connectivity index (χ1v) is 9.46. The molecule has 0 aromatic heterocycles. The Morgan fingerprint density at radius 3 is 2.35 bits per heavy atom. The number of nitrogens with one attached hydrogen (secondary N) is 3. The Morgan fingerprint density at radius 2 is 1.73 bits per heavy atom. The normalized spacial score (nSPS) is 15.3. The van der Waals surface area contributed by atoms with E-state index in [9.17, 15) is 14.4 Å². The highest BCUT2D eigenvalue weighted by molar-refractivity contribution is 5.90. The molecule has 6 heteroatoms. The van der Waals surface area contributed by atoms with E-state index in [2.05, 4.69) is 16.0 Å². The van der Waals surface area contributed by atoms with Crippen molar-refractivity contribution < 1.29 is 14.4 Å². The Kier molecular flexibility index (Phi) is 7.63. The molecule has 1 atom stereocenters. The van der Waals surface area contributed by atoms with Gasteiger partial charge in [0.05, 0.1) is 6.04 Å². The van der Waals surface area contributed by atoms with Crippen molar-refractivity contribution in [2.45, 2.75) is 58.4 Å². The van der Waals surface area contributed by atoms with Crippen LogP contribution in [0.1, 0.15) is 64.0 Å². The molecule has 26 heavy (non-hydrogen) atoms. The van der Waals surface area contributed by atoms with Crippen LogP contribution in [0.25, 0.3) is 0 Å². The van der Waals surface area contributed by atoms with Crippen LogP contribution in [0.2, 0.25) is 0 Å². The standard InChI is InChI=1S/C20H29N3O3/c1-3-18(24)23-17-10-8-15(9-11-17)14(2)22-19(25)12-13-21-20(26)16-6-4-5-7-16/h8-11,14,16H,3-7,12-13H2,1-2H3,(H,21,26)(H,22,25)(H,23,24)/t14-/m0/s1. The van der Waals surface area contributed by atoms with Crippen LogP contribution >= 0.6 is 0 Å². The van der Waals surface area contributed by atoms with Crippen molar-refractivity contribution in [2.75, 3.05) is 11.9 Å². The molecule has 1 aliphatic carbocycles. The highest BCUT2D eigenvalue weighted by atomic mass is 16.2. The number of benzene rings is 1. The fourth-order valence-corrected chi connectivity index (χ4v) is 3.13. The molecular weight excluding hydrogens is 330 g/mol. The number of amides is 3. The van der Waals surface area contributed by atoms with Gasteiger partial charge in [-0.05, 0) is 37.5 Å². The third kappa shape index (κ3) is 6.17. The summed E-state index contributed by atoms with van der Waals surface area (Å²) < 4.78 is 0. The number of rotatable bonds is 8. The fraction of sp³-hybridized carbons (Fsp3) is 0.550. The predicted octanol–water partition coefficient (Wildman–Crippen LogP) is 2.91. The summed E-state index contributed by atoms with van der Waals surface area (Å²) in [4.78, 5) is 35.4. The molecule has 0 radical (unpaired) electrons. The molecule has 0 spiro atoms. The summed E-state index contributed by atoms with van der Waals surface area (Å²) in [5, 5.41) is 8.59. The Hall–Kier alpha value is -2.37. The first-order chi connectivity index (χ1) is 12.5. The van der Waals surface area contributed by atoms with Gasteiger partial charge in [0.25, 0.3) is 0 Å². The van der Waals surface area contributed by atoms with Crippen molar-refractivity contribution in [2.24, 2.45) is 5.92 Å². The van der Waals surface area contributed by atoms with Crippen molar-refractivity contribution in [1.82, 2.24) is 10.6 Å². The summed E-state index contributed by atoms with van der Waals surface area (Å²) in [5.74, 6) is 0.0862. The van der Waals surface area contributed by atoms with E-state index in [4.69, 9.17) is 0 Å². The average Bonchev–Trinajstić information content (AvgIpc) is 3.16. The Balaban J connectivity index is 1.72. The van der Waals surface area contributed by atoms with Crippen LogP contribution in [0.3, 0.4) is 0 Å². The predicted molar refractivity (Wildman–Crippen MR) is 102 cm³/mol. The van der Waals surface area contributed by atoms with E-state index < -0.39 is 0 Å². The Labute approximate surface area is 155 Å². The smallest absolute Gasteiger partial charge is 0.224 e. The summed E-state index contributed by atoms with van der Waals surface area (Å²) in [6.07, 6.45) is 4.88. The van der Waals surface area contributed by atoms with Crippen molar-refractivity contribution in [1.29, 1.82) is 0 Å². The monoisotopic (exact) mass is 359 g/mol. The van der Waals surface area contributed by atoms with Gasteiger partial charge in [0.15, 0.2) is 0 Å². The molecule has 3 amide bonds. The zero-order chi connectivity index (χ0) is 18.9. The van der Waals surface area contributed by atoms with E-state index >= 15 is 0 Å². The van der Waals surface area contributed by atoms with Crippen LogP contribution in [0.15, 0.2) is 24.3 Å². The highest BCUT2D eigenvalue weighted by Crippen LogP contribution is 2.24. The zero-order valence-corrected chi connectivity index (χ0v) is 15.6. The van der Waals surface area contributed by atoms with Gasteiger partial charge in [-0.1, -0.05) is 31.9 Å². The molecule has 1 aromatic carbocycles. The second kappa shape index (κ2) is 9.94. The van der Waals surface area contributed by atoms with Crippen LogP contribution in [0.4, 0.5) is 5.69 Å². The highest BCUT2D eigenvalue weighted by Gasteiger charge is 2.22. The maximum absolute atomic E-state index is 12.1. The van der Waals surface area contributed by atoms with E-state index in [1.807, 2.05) is 31.2 Å². The molecule has 0 bridgehead atoms. The lowest BCUT2D eigenvalue weighted by Crippen LogP contribution is -2.34. The largest absolute Gasteiger partial charge is 0.355 e. The summed E-state index contributed by atoms with van der Waals surface area (Å²) >= 11 is 0. The minimum Gasteiger partial charge on any atom is -0.355 e.